The van der Waals surface area contributed by atoms with Crippen LogP contribution in [0.3, 0.4) is 0 Å². The molecule has 1 heterocycles. The second-order valence-electron chi connectivity index (χ2n) is 8.42. The fraction of sp³-hybridized carbons (Fsp3) is 0.107. The van der Waals surface area contributed by atoms with Crippen molar-refractivity contribution in [2.24, 2.45) is 4.99 Å². The number of fused-ring (bicyclic) bond motifs is 2. The minimum Gasteiger partial charge on any atom is -0.496 e. The number of hydrogen-bond donors (Lipinski definition) is 2. The van der Waals surface area contributed by atoms with E-state index in [1.165, 1.54) is 0 Å². The summed E-state index contributed by atoms with van der Waals surface area (Å²) in [5, 5.41) is 9.46. The maximum atomic E-state index is 13.5. The molecule has 37 heavy (non-hydrogen) atoms. The fourth-order valence-electron chi connectivity index (χ4n) is 4.32. The van der Waals surface area contributed by atoms with Crippen molar-refractivity contribution in [3.63, 3.8) is 0 Å². The predicted octanol–water partition coefficient (Wildman–Crippen LogP) is 6.28. The summed E-state index contributed by atoms with van der Waals surface area (Å²) in [5.41, 5.74) is 3.29. The van der Waals surface area contributed by atoms with Gasteiger partial charge in [0, 0.05) is 45.4 Å². The first-order chi connectivity index (χ1) is 17.9. The molecule has 0 aromatic heterocycles. The molecule has 186 valence electrons. The Morgan fingerprint density at radius 1 is 1.00 bits per heavy atom. The third-order valence-electron chi connectivity index (χ3n) is 6.10. The van der Waals surface area contributed by atoms with Crippen LogP contribution in [0.1, 0.15) is 11.1 Å². The summed E-state index contributed by atoms with van der Waals surface area (Å²) in [4.78, 5) is 19.8. The van der Waals surface area contributed by atoms with Gasteiger partial charge < -0.3 is 20.3 Å². The quantitative estimate of drug-likeness (QED) is 0.294. The number of nitrogens with one attached hydrogen (secondary N) is 2. The van der Waals surface area contributed by atoms with Crippen molar-refractivity contribution in [1.29, 1.82) is 0 Å². The van der Waals surface area contributed by atoms with E-state index in [0.29, 0.717) is 44.0 Å². The molecule has 4 aromatic rings. The molecule has 4 aromatic carbocycles. The summed E-state index contributed by atoms with van der Waals surface area (Å²) in [6.45, 7) is 0. The molecule has 0 bridgehead atoms. The highest BCUT2D eigenvalue weighted by atomic mass is 35.5. The van der Waals surface area contributed by atoms with Crippen LogP contribution in [0, 0.1) is 0 Å². The van der Waals surface area contributed by atoms with Crippen molar-refractivity contribution >= 4 is 74.3 Å². The molecule has 1 aliphatic rings. The van der Waals surface area contributed by atoms with Gasteiger partial charge in [0.1, 0.15) is 5.75 Å². The summed E-state index contributed by atoms with van der Waals surface area (Å²) >= 11 is 18.5. The van der Waals surface area contributed by atoms with Gasteiger partial charge in [-0.15, -0.1) is 0 Å². The van der Waals surface area contributed by atoms with Crippen molar-refractivity contribution in [3.8, 4) is 5.75 Å². The molecule has 6 nitrogen and oxygen atoms in total. The van der Waals surface area contributed by atoms with E-state index in [9.17, 15) is 4.79 Å². The highest BCUT2D eigenvalue weighted by molar-refractivity contribution is 7.80. The average Bonchev–Trinajstić information content (AvgIpc) is 2.98. The lowest BCUT2D eigenvalue weighted by Crippen LogP contribution is -2.47. The molecule has 0 spiro atoms. The van der Waals surface area contributed by atoms with Gasteiger partial charge in [-0.05, 0) is 47.9 Å². The largest absolute Gasteiger partial charge is 0.496 e. The zero-order valence-electron chi connectivity index (χ0n) is 20.0. The maximum Gasteiger partial charge on any atom is 0.272 e. The van der Waals surface area contributed by atoms with E-state index >= 15 is 0 Å². The zero-order valence-corrected chi connectivity index (χ0v) is 22.3. The van der Waals surface area contributed by atoms with Gasteiger partial charge in [-0.1, -0.05) is 65.7 Å². The summed E-state index contributed by atoms with van der Waals surface area (Å²) in [5.74, 6) is 0.422. The molecule has 2 N–H and O–H groups in total. The van der Waals surface area contributed by atoms with E-state index in [0.717, 1.165) is 10.8 Å². The van der Waals surface area contributed by atoms with Crippen molar-refractivity contribution in [1.82, 2.24) is 5.32 Å². The van der Waals surface area contributed by atoms with Gasteiger partial charge in [-0.25, -0.2) is 4.99 Å². The summed E-state index contributed by atoms with van der Waals surface area (Å²) in [6.07, 6.45) is -1.01. The van der Waals surface area contributed by atoms with Crippen LogP contribution >= 0.6 is 35.4 Å². The first kappa shape index (κ1) is 25.0. The number of benzodiazepines with no additional fused rings is 1. The highest BCUT2D eigenvalue weighted by Gasteiger charge is 2.31. The average molecular weight is 549 g/mol. The molecule has 0 radical (unpaired) electrons. The Bertz CT molecular complexity index is 1570. The monoisotopic (exact) mass is 548 g/mol. The molecule has 9 heteroatoms. The highest BCUT2D eigenvalue weighted by Crippen LogP contribution is 2.32. The number of likely N-dealkylation sites (N-methyl/N-ethyl adjacent to an activating group) is 1. The molecular formula is C28H22Cl2N4O2S. The smallest absolute Gasteiger partial charge is 0.272 e. The topological polar surface area (TPSA) is 66.0 Å². The second kappa shape index (κ2) is 10.4. The number of carbonyl (C=O) groups excluding carboxylic acids is 1. The lowest BCUT2D eigenvalue weighted by atomic mass is 10.00. The Morgan fingerprint density at radius 2 is 1.76 bits per heavy atom. The summed E-state index contributed by atoms with van der Waals surface area (Å²) in [6, 6.07) is 24.4. The first-order valence-corrected chi connectivity index (χ1v) is 12.6. The number of anilines is 2. The number of amides is 1. The SMILES string of the molecule is COc1cc(NC(=S)NC2N=C(c3ccccc3Cl)c3cc(Cl)ccc3N(C)C2=O)cc2ccccc12. The third-order valence-corrected chi connectivity index (χ3v) is 6.88. The van der Waals surface area contributed by atoms with Crippen LogP contribution in [0.15, 0.2) is 83.9 Å². The molecule has 1 unspecified atom stereocenters. The minimum atomic E-state index is -1.01. The predicted molar refractivity (Wildman–Crippen MR) is 156 cm³/mol. The molecular weight excluding hydrogens is 527 g/mol. The van der Waals surface area contributed by atoms with E-state index in [2.05, 4.69) is 10.6 Å². The number of carbonyl (C=O) groups is 1. The summed E-state index contributed by atoms with van der Waals surface area (Å²) in [7, 11) is 3.32. The van der Waals surface area contributed by atoms with Gasteiger partial charge in [-0.2, -0.15) is 0 Å². The van der Waals surface area contributed by atoms with Crippen molar-refractivity contribution < 1.29 is 9.53 Å². The Kier molecular flexibility index (Phi) is 7.02. The van der Waals surface area contributed by atoms with Crippen molar-refractivity contribution in [2.75, 3.05) is 24.4 Å². The standard InChI is InChI=1S/C28H22Cl2N4O2S/c1-34-23-12-11-17(29)14-21(23)25(20-9-5-6-10-22(20)30)32-26(27(34)35)33-28(37)31-18-13-16-7-3-4-8-19(16)24(15-18)36-2/h3-15,26H,1-2H3,(H2,31,33,37). The van der Waals surface area contributed by atoms with E-state index < -0.39 is 6.17 Å². The normalized spacial score (nSPS) is 15.0. The Labute approximate surface area is 229 Å². The van der Waals surface area contributed by atoms with Crippen LogP contribution in [0.4, 0.5) is 11.4 Å². The number of benzene rings is 4. The number of hydrogen-bond acceptors (Lipinski definition) is 4. The number of methoxy groups -OCH3 is 1. The minimum absolute atomic E-state index is 0.232. The third kappa shape index (κ3) is 4.98. The number of rotatable bonds is 4. The van der Waals surface area contributed by atoms with Crippen LogP contribution in [0.5, 0.6) is 5.75 Å². The van der Waals surface area contributed by atoms with E-state index in [4.69, 9.17) is 45.1 Å². The number of aliphatic imine (C=N–C) groups is 1. The second-order valence-corrected chi connectivity index (χ2v) is 9.67. The van der Waals surface area contributed by atoms with Gasteiger partial charge in [0.05, 0.1) is 18.5 Å². The molecule has 0 fully saturated rings. The Balaban J connectivity index is 1.51. The van der Waals surface area contributed by atoms with Gasteiger partial charge in [0.15, 0.2) is 5.11 Å². The molecule has 5 rings (SSSR count). The van der Waals surface area contributed by atoms with Crippen molar-refractivity contribution in [2.45, 2.75) is 6.17 Å². The summed E-state index contributed by atoms with van der Waals surface area (Å²) < 4.78 is 5.56. The lowest BCUT2D eigenvalue weighted by molar-refractivity contribution is -0.119. The van der Waals surface area contributed by atoms with Crippen LogP contribution in [-0.4, -0.2) is 37.1 Å². The molecule has 0 saturated heterocycles. The van der Waals surface area contributed by atoms with Crippen LogP contribution < -0.4 is 20.3 Å². The number of halogens is 2. The molecule has 1 aliphatic heterocycles. The molecule has 1 amide bonds. The number of nitrogens with zero attached hydrogens (tertiary/aromatic N) is 2. The maximum absolute atomic E-state index is 13.5. The van der Waals surface area contributed by atoms with Gasteiger partial charge >= 0.3 is 0 Å². The van der Waals surface area contributed by atoms with E-state index in [-0.39, 0.29) is 11.0 Å². The van der Waals surface area contributed by atoms with Gasteiger partial charge in [-0.3, -0.25) is 4.79 Å². The zero-order chi connectivity index (χ0) is 26.1. The van der Waals surface area contributed by atoms with Crippen molar-refractivity contribution in [3.05, 3.63) is 100 Å². The van der Waals surface area contributed by atoms with Crippen LogP contribution in [0.2, 0.25) is 10.0 Å². The van der Waals surface area contributed by atoms with Crippen LogP contribution in [0.25, 0.3) is 10.8 Å². The van der Waals surface area contributed by atoms with E-state index in [1.54, 1.807) is 43.3 Å². The Hall–Kier alpha value is -3.65. The Morgan fingerprint density at radius 3 is 2.54 bits per heavy atom. The lowest BCUT2D eigenvalue weighted by Gasteiger charge is -2.22. The fourth-order valence-corrected chi connectivity index (χ4v) is 4.94. The van der Waals surface area contributed by atoms with Gasteiger partial charge in [0.25, 0.3) is 5.91 Å². The first-order valence-electron chi connectivity index (χ1n) is 11.4. The van der Waals surface area contributed by atoms with Crippen LogP contribution in [-0.2, 0) is 4.79 Å². The number of ether oxygens (including phenoxy) is 1. The molecule has 0 aliphatic carbocycles. The molecule has 0 saturated carbocycles. The number of thiocarbonyl (C=S) groups is 1. The molecule has 1 atom stereocenters. The van der Waals surface area contributed by atoms with Gasteiger partial charge in [0.2, 0.25) is 6.17 Å². The van der Waals surface area contributed by atoms with E-state index in [1.807, 2.05) is 54.6 Å².